The van der Waals surface area contributed by atoms with Gasteiger partial charge in [-0.05, 0) is 55.1 Å². The third-order valence-electron chi connectivity index (χ3n) is 4.21. The van der Waals surface area contributed by atoms with Gasteiger partial charge in [-0.25, -0.2) is 0 Å². The molecule has 1 aliphatic heterocycles. The summed E-state index contributed by atoms with van der Waals surface area (Å²) in [6, 6.07) is 18.3. The van der Waals surface area contributed by atoms with E-state index < -0.39 is 0 Å². The van der Waals surface area contributed by atoms with Crippen LogP contribution >= 0.6 is 0 Å². The first-order valence-electron chi connectivity index (χ1n) is 7.97. The van der Waals surface area contributed by atoms with Crippen LogP contribution in [0.5, 0.6) is 0 Å². The first-order chi connectivity index (χ1) is 10.8. The maximum Gasteiger partial charge on any atom is 0.224 e. The fraction of sp³-hybridized carbons (Fsp3) is 0.316. The number of amides is 1. The Morgan fingerprint density at radius 1 is 0.955 bits per heavy atom. The first-order valence-corrected chi connectivity index (χ1v) is 7.97. The van der Waals surface area contributed by atoms with E-state index in [4.69, 9.17) is 0 Å². The van der Waals surface area contributed by atoms with Gasteiger partial charge in [-0.3, -0.25) is 4.79 Å². The molecule has 3 nitrogen and oxygen atoms in total. The maximum atomic E-state index is 12.1. The highest BCUT2D eigenvalue weighted by Gasteiger charge is 2.16. The summed E-state index contributed by atoms with van der Waals surface area (Å²) in [5.74, 6) is 0.643. The Kier molecular flexibility index (Phi) is 4.86. The van der Waals surface area contributed by atoms with Crippen LogP contribution in [0.2, 0.25) is 0 Å². The number of carbonyl (C=O) groups excluding carboxylic acids is 1. The Bertz CT molecular complexity index is 601. The number of anilines is 1. The predicted molar refractivity (Wildman–Crippen MR) is 90.7 cm³/mol. The van der Waals surface area contributed by atoms with E-state index in [9.17, 15) is 4.79 Å². The highest BCUT2D eigenvalue weighted by atomic mass is 16.1. The Labute approximate surface area is 131 Å². The summed E-state index contributed by atoms with van der Waals surface area (Å²) >= 11 is 0. The van der Waals surface area contributed by atoms with Crippen LogP contribution in [-0.2, 0) is 4.79 Å². The van der Waals surface area contributed by atoms with Crippen molar-refractivity contribution >= 4 is 11.6 Å². The summed E-state index contributed by atoms with van der Waals surface area (Å²) < 4.78 is 0. The van der Waals surface area contributed by atoms with Crippen molar-refractivity contribution < 1.29 is 4.79 Å². The molecule has 0 atom stereocenters. The molecule has 0 aromatic heterocycles. The minimum Gasteiger partial charge on any atom is -0.326 e. The lowest BCUT2D eigenvalue weighted by molar-refractivity contribution is -0.117. The fourth-order valence-electron chi connectivity index (χ4n) is 2.94. The van der Waals surface area contributed by atoms with Gasteiger partial charge in [0.2, 0.25) is 5.91 Å². The standard InChI is InChI=1S/C19H22N2O/c22-19(14-15-10-12-20-13-11-15)21-18-8-6-17(7-9-18)16-4-2-1-3-5-16/h1-9,15,20H,10-14H2,(H,21,22). The minimum atomic E-state index is 0.124. The van der Waals surface area contributed by atoms with Crippen molar-refractivity contribution in [2.45, 2.75) is 19.3 Å². The monoisotopic (exact) mass is 294 g/mol. The van der Waals surface area contributed by atoms with Crippen molar-refractivity contribution in [2.24, 2.45) is 5.92 Å². The van der Waals surface area contributed by atoms with E-state index in [1.807, 2.05) is 30.3 Å². The van der Waals surface area contributed by atoms with Crippen LogP contribution < -0.4 is 10.6 Å². The number of rotatable bonds is 4. The van der Waals surface area contributed by atoms with E-state index in [0.29, 0.717) is 12.3 Å². The predicted octanol–water partition coefficient (Wildman–Crippen LogP) is 3.68. The molecular weight excluding hydrogens is 272 g/mol. The number of hydrogen-bond acceptors (Lipinski definition) is 2. The third kappa shape index (κ3) is 3.95. The lowest BCUT2D eigenvalue weighted by Gasteiger charge is -2.21. The second kappa shape index (κ2) is 7.23. The molecule has 1 aliphatic rings. The van der Waals surface area contributed by atoms with Crippen molar-refractivity contribution in [3.05, 3.63) is 54.6 Å². The number of carbonyl (C=O) groups is 1. The van der Waals surface area contributed by atoms with Crippen LogP contribution in [0.1, 0.15) is 19.3 Å². The highest BCUT2D eigenvalue weighted by Crippen LogP contribution is 2.22. The van der Waals surface area contributed by atoms with Gasteiger partial charge in [-0.15, -0.1) is 0 Å². The molecule has 0 spiro atoms. The van der Waals surface area contributed by atoms with Crippen molar-refractivity contribution in [1.29, 1.82) is 0 Å². The topological polar surface area (TPSA) is 41.1 Å². The quantitative estimate of drug-likeness (QED) is 0.903. The molecule has 3 heteroatoms. The normalized spacial score (nSPS) is 15.5. The van der Waals surface area contributed by atoms with Crippen molar-refractivity contribution in [3.8, 4) is 11.1 Å². The molecule has 0 radical (unpaired) electrons. The highest BCUT2D eigenvalue weighted by molar-refractivity contribution is 5.91. The number of nitrogens with one attached hydrogen (secondary N) is 2. The lowest BCUT2D eigenvalue weighted by atomic mass is 9.94. The number of hydrogen-bond donors (Lipinski definition) is 2. The zero-order valence-electron chi connectivity index (χ0n) is 12.7. The number of benzene rings is 2. The Balaban J connectivity index is 1.57. The summed E-state index contributed by atoms with van der Waals surface area (Å²) in [5, 5.41) is 6.34. The summed E-state index contributed by atoms with van der Waals surface area (Å²) in [6.07, 6.45) is 2.82. The summed E-state index contributed by atoms with van der Waals surface area (Å²) in [7, 11) is 0. The molecule has 0 aliphatic carbocycles. The van der Waals surface area contributed by atoms with Gasteiger partial charge in [-0.2, -0.15) is 0 Å². The van der Waals surface area contributed by atoms with Gasteiger partial charge in [0.25, 0.3) is 0 Å². The van der Waals surface area contributed by atoms with E-state index in [0.717, 1.165) is 37.2 Å². The SMILES string of the molecule is O=C(CC1CCNCC1)Nc1ccc(-c2ccccc2)cc1. The summed E-state index contributed by atoms with van der Waals surface area (Å²) in [4.78, 5) is 12.1. The summed E-state index contributed by atoms with van der Waals surface area (Å²) in [6.45, 7) is 2.06. The molecule has 1 heterocycles. The van der Waals surface area contributed by atoms with Gasteiger partial charge in [0.1, 0.15) is 0 Å². The average molecular weight is 294 g/mol. The second-order valence-corrected chi connectivity index (χ2v) is 5.89. The van der Waals surface area contributed by atoms with Crippen LogP contribution in [0, 0.1) is 5.92 Å². The molecule has 1 fully saturated rings. The Hall–Kier alpha value is -2.13. The van der Waals surface area contributed by atoms with Crippen LogP contribution in [0.4, 0.5) is 5.69 Å². The minimum absolute atomic E-state index is 0.124. The van der Waals surface area contributed by atoms with Crippen molar-refractivity contribution in [3.63, 3.8) is 0 Å². The summed E-state index contributed by atoms with van der Waals surface area (Å²) in [5.41, 5.74) is 3.23. The van der Waals surface area contributed by atoms with Crippen molar-refractivity contribution in [1.82, 2.24) is 5.32 Å². The first kappa shape index (κ1) is 14.8. The van der Waals surface area contributed by atoms with E-state index in [2.05, 4.69) is 34.9 Å². The lowest BCUT2D eigenvalue weighted by Crippen LogP contribution is -2.30. The molecule has 0 unspecified atom stereocenters. The molecule has 0 saturated carbocycles. The Morgan fingerprint density at radius 2 is 1.59 bits per heavy atom. The third-order valence-corrected chi connectivity index (χ3v) is 4.21. The van der Waals surface area contributed by atoms with Gasteiger partial charge < -0.3 is 10.6 Å². The van der Waals surface area contributed by atoms with Crippen molar-refractivity contribution in [2.75, 3.05) is 18.4 Å². The van der Waals surface area contributed by atoms with Gasteiger partial charge in [0.05, 0.1) is 0 Å². The van der Waals surface area contributed by atoms with Gasteiger partial charge in [0.15, 0.2) is 0 Å². The van der Waals surface area contributed by atoms with Crippen LogP contribution in [0.15, 0.2) is 54.6 Å². The molecule has 0 bridgehead atoms. The molecule has 114 valence electrons. The molecule has 1 saturated heterocycles. The molecule has 22 heavy (non-hydrogen) atoms. The van der Waals surface area contributed by atoms with E-state index in [-0.39, 0.29) is 5.91 Å². The smallest absolute Gasteiger partial charge is 0.224 e. The fourth-order valence-corrected chi connectivity index (χ4v) is 2.94. The second-order valence-electron chi connectivity index (χ2n) is 5.89. The van der Waals surface area contributed by atoms with Gasteiger partial charge in [0, 0.05) is 12.1 Å². The zero-order valence-corrected chi connectivity index (χ0v) is 12.7. The van der Waals surface area contributed by atoms with Gasteiger partial charge >= 0.3 is 0 Å². The molecule has 3 rings (SSSR count). The molecule has 1 amide bonds. The maximum absolute atomic E-state index is 12.1. The van der Waals surface area contributed by atoms with E-state index in [1.165, 1.54) is 5.56 Å². The molecule has 2 aromatic carbocycles. The van der Waals surface area contributed by atoms with Crippen LogP contribution in [-0.4, -0.2) is 19.0 Å². The van der Waals surface area contributed by atoms with Crippen LogP contribution in [0.25, 0.3) is 11.1 Å². The van der Waals surface area contributed by atoms with Crippen LogP contribution in [0.3, 0.4) is 0 Å². The largest absolute Gasteiger partial charge is 0.326 e. The van der Waals surface area contributed by atoms with E-state index in [1.54, 1.807) is 0 Å². The average Bonchev–Trinajstić information content (AvgIpc) is 2.57. The zero-order chi connectivity index (χ0) is 15.2. The van der Waals surface area contributed by atoms with Gasteiger partial charge in [-0.1, -0.05) is 42.5 Å². The Morgan fingerprint density at radius 3 is 2.27 bits per heavy atom. The number of piperidine rings is 1. The van der Waals surface area contributed by atoms with E-state index >= 15 is 0 Å². The molecule has 2 N–H and O–H groups in total. The molecular formula is C19H22N2O. The molecule has 2 aromatic rings.